The van der Waals surface area contributed by atoms with Crippen LogP contribution in [-0.2, 0) is 6.54 Å². The number of anilines is 2. The SMILES string of the molecule is Cc1cc(O)ccc1-n1cc(C(=O)O)c(=O)cc1CNc1ccc(N(C)C)cc1. The highest BCUT2D eigenvalue weighted by molar-refractivity contribution is 5.87. The molecule has 150 valence electrons. The summed E-state index contributed by atoms with van der Waals surface area (Å²) in [6.07, 6.45) is 1.33. The molecule has 0 spiro atoms. The summed E-state index contributed by atoms with van der Waals surface area (Å²) in [4.78, 5) is 25.7. The van der Waals surface area contributed by atoms with Crippen LogP contribution in [0.3, 0.4) is 0 Å². The highest BCUT2D eigenvalue weighted by atomic mass is 16.4. The number of aromatic hydroxyl groups is 1. The van der Waals surface area contributed by atoms with Gasteiger partial charge >= 0.3 is 5.97 Å². The summed E-state index contributed by atoms with van der Waals surface area (Å²) in [5.41, 5.74) is 3.12. The molecule has 0 aliphatic rings. The number of nitrogens with one attached hydrogen (secondary N) is 1. The Balaban J connectivity index is 1.99. The summed E-state index contributed by atoms with van der Waals surface area (Å²) in [7, 11) is 3.93. The van der Waals surface area contributed by atoms with Gasteiger partial charge in [0.25, 0.3) is 0 Å². The van der Waals surface area contributed by atoms with Crippen molar-refractivity contribution in [1.82, 2.24) is 4.57 Å². The molecule has 3 rings (SSSR count). The van der Waals surface area contributed by atoms with Gasteiger partial charge in [0, 0.05) is 49.1 Å². The van der Waals surface area contributed by atoms with E-state index in [1.54, 1.807) is 16.7 Å². The molecule has 0 aliphatic carbocycles. The normalized spacial score (nSPS) is 10.6. The van der Waals surface area contributed by atoms with Crippen molar-refractivity contribution in [3.8, 4) is 11.4 Å². The van der Waals surface area contributed by atoms with Gasteiger partial charge in [-0.15, -0.1) is 0 Å². The zero-order chi connectivity index (χ0) is 21.1. The Morgan fingerprint density at radius 3 is 2.38 bits per heavy atom. The van der Waals surface area contributed by atoms with E-state index < -0.39 is 11.4 Å². The Hall–Kier alpha value is -3.74. The lowest BCUT2D eigenvalue weighted by Gasteiger charge is -2.18. The van der Waals surface area contributed by atoms with Gasteiger partial charge in [-0.25, -0.2) is 4.79 Å². The number of phenols is 1. The maximum absolute atomic E-state index is 12.3. The van der Waals surface area contributed by atoms with E-state index in [2.05, 4.69) is 5.32 Å². The molecule has 3 aromatic rings. The van der Waals surface area contributed by atoms with Crippen LogP contribution in [0.25, 0.3) is 5.69 Å². The number of nitrogens with zero attached hydrogens (tertiary/aromatic N) is 2. The molecule has 3 N–H and O–H groups in total. The molecule has 1 aromatic heterocycles. The Morgan fingerprint density at radius 2 is 1.79 bits per heavy atom. The monoisotopic (exact) mass is 393 g/mol. The Kier molecular flexibility index (Phi) is 5.59. The van der Waals surface area contributed by atoms with Gasteiger partial charge in [-0.2, -0.15) is 0 Å². The van der Waals surface area contributed by atoms with Crippen molar-refractivity contribution in [3.63, 3.8) is 0 Å². The standard InChI is InChI=1S/C22H23N3O4/c1-14-10-18(26)8-9-20(14)25-13-19(22(28)29)21(27)11-17(25)12-23-15-4-6-16(7-5-15)24(2)3/h4-11,13,23,26H,12H2,1-3H3,(H,28,29). The van der Waals surface area contributed by atoms with E-state index in [9.17, 15) is 19.8 Å². The van der Waals surface area contributed by atoms with Crippen LogP contribution in [0.15, 0.2) is 59.5 Å². The number of carboxylic acids is 1. The maximum Gasteiger partial charge on any atom is 0.341 e. The second-order valence-corrected chi connectivity index (χ2v) is 6.98. The predicted molar refractivity (Wildman–Crippen MR) is 113 cm³/mol. The third-order valence-corrected chi connectivity index (χ3v) is 4.66. The molecule has 0 amide bonds. The molecule has 0 aliphatic heterocycles. The summed E-state index contributed by atoms with van der Waals surface area (Å²) in [6.45, 7) is 2.13. The van der Waals surface area contributed by atoms with Crippen molar-refractivity contribution in [2.24, 2.45) is 0 Å². The van der Waals surface area contributed by atoms with Gasteiger partial charge in [0.05, 0.1) is 6.54 Å². The van der Waals surface area contributed by atoms with E-state index in [0.29, 0.717) is 17.9 Å². The molecule has 7 nitrogen and oxygen atoms in total. The summed E-state index contributed by atoms with van der Waals surface area (Å²) in [6, 6.07) is 14.0. The molecule has 0 saturated carbocycles. The smallest absolute Gasteiger partial charge is 0.341 e. The molecule has 1 heterocycles. The fourth-order valence-corrected chi connectivity index (χ4v) is 3.08. The quantitative estimate of drug-likeness (QED) is 0.595. The van der Waals surface area contributed by atoms with E-state index >= 15 is 0 Å². The number of hydrogen-bond acceptors (Lipinski definition) is 5. The molecular weight excluding hydrogens is 370 g/mol. The van der Waals surface area contributed by atoms with Crippen molar-refractivity contribution in [2.75, 3.05) is 24.3 Å². The number of aromatic carboxylic acids is 1. The van der Waals surface area contributed by atoms with Crippen molar-refractivity contribution in [2.45, 2.75) is 13.5 Å². The number of carbonyl (C=O) groups is 1. The number of pyridine rings is 1. The lowest BCUT2D eigenvalue weighted by atomic mass is 10.1. The third-order valence-electron chi connectivity index (χ3n) is 4.66. The highest BCUT2D eigenvalue weighted by Crippen LogP contribution is 2.22. The Bertz CT molecular complexity index is 1100. The van der Waals surface area contributed by atoms with E-state index in [-0.39, 0.29) is 11.3 Å². The van der Waals surface area contributed by atoms with Crippen LogP contribution >= 0.6 is 0 Å². The van der Waals surface area contributed by atoms with Gasteiger partial charge in [0.2, 0.25) is 0 Å². The number of benzene rings is 2. The number of aryl methyl sites for hydroxylation is 1. The first-order chi connectivity index (χ1) is 13.8. The van der Waals surface area contributed by atoms with Gasteiger partial charge in [-0.3, -0.25) is 4.79 Å². The molecule has 0 fully saturated rings. The summed E-state index contributed by atoms with van der Waals surface area (Å²) in [5, 5.41) is 22.3. The van der Waals surface area contributed by atoms with Crippen LogP contribution in [0.4, 0.5) is 11.4 Å². The van der Waals surface area contributed by atoms with E-state index in [0.717, 1.165) is 16.9 Å². The third kappa shape index (κ3) is 4.40. The molecule has 0 atom stereocenters. The van der Waals surface area contributed by atoms with Crippen LogP contribution in [0, 0.1) is 6.92 Å². The topological polar surface area (TPSA) is 94.8 Å². The van der Waals surface area contributed by atoms with Crippen molar-refractivity contribution < 1.29 is 15.0 Å². The van der Waals surface area contributed by atoms with E-state index in [1.165, 1.54) is 18.3 Å². The lowest BCUT2D eigenvalue weighted by Crippen LogP contribution is -2.21. The molecule has 0 radical (unpaired) electrons. The van der Waals surface area contributed by atoms with Crippen LogP contribution in [0.5, 0.6) is 5.75 Å². The summed E-state index contributed by atoms with van der Waals surface area (Å²) >= 11 is 0. The molecule has 7 heteroatoms. The Labute approximate surface area is 168 Å². The number of phenolic OH excluding ortho intramolecular Hbond substituents is 1. The van der Waals surface area contributed by atoms with Crippen LogP contribution < -0.4 is 15.6 Å². The lowest BCUT2D eigenvalue weighted by molar-refractivity contribution is 0.0694. The molecular formula is C22H23N3O4. The fraction of sp³-hybridized carbons (Fsp3) is 0.182. The Morgan fingerprint density at radius 1 is 1.10 bits per heavy atom. The minimum Gasteiger partial charge on any atom is -0.508 e. The average molecular weight is 393 g/mol. The summed E-state index contributed by atoms with van der Waals surface area (Å²) < 4.78 is 1.67. The van der Waals surface area contributed by atoms with Crippen molar-refractivity contribution in [1.29, 1.82) is 0 Å². The highest BCUT2D eigenvalue weighted by Gasteiger charge is 2.15. The number of hydrogen-bond donors (Lipinski definition) is 3. The van der Waals surface area contributed by atoms with Gasteiger partial charge in [0.15, 0.2) is 5.43 Å². The zero-order valence-electron chi connectivity index (χ0n) is 16.5. The van der Waals surface area contributed by atoms with Gasteiger partial charge in [-0.1, -0.05) is 0 Å². The van der Waals surface area contributed by atoms with Gasteiger partial charge < -0.3 is 25.0 Å². The second-order valence-electron chi connectivity index (χ2n) is 6.98. The van der Waals surface area contributed by atoms with Crippen LogP contribution in [-0.4, -0.2) is 34.8 Å². The zero-order valence-corrected chi connectivity index (χ0v) is 16.5. The van der Waals surface area contributed by atoms with E-state index in [4.69, 9.17) is 0 Å². The molecule has 0 bridgehead atoms. The average Bonchev–Trinajstić information content (AvgIpc) is 2.67. The van der Waals surface area contributed by atoms with Crippen LogP contribution in [0.2, 0.25) is 0 Å². The fourth-order valence-electron chi connectivity index (χ4n) is 3.08. The first kappa shape index (κ1) is 20.0. The summed E-state index contributed by atoms with van der Waals surface area (Å²) in [5.74, 6) is -1.16. The molecule has 0 saturated heterocycles. The van der Waals surface area contributed by atoms with Gasteiger partial charge in [0.1, 0.15) is 11.3 Å². The maximum atomic E-state index is 12.3. The van der Waals surface area contributed by atoms with E-state index in [1.807, 2.05) is 50.2 Å². The molecule has 2 aromatic carbocycles. The largest absolute Gasteiger partial charge is 0.508 e. The molecule has 0 unspecified atom stereocenters. The van der Waals surface area contributed by atoms with Crippen molar-refractivity contribution >= 4 is 17.3 Å². The first-order valence-electron chi connectivity index (χ1n) is 9.06. The van der Waals surface area contributed by atoms with Crippen molar-refractivity contribution in [3.05, 3.63) is 81.8 Å². The number of rotatable bonds is 6. The minimum atomic E-state index is -1.28. The number of aromatic nitrogens is 1. The molecule has 29 heavy (non-hydrogen) atoms. The minimum absolute atomic E-state index is 0.117. The van der Waals surface area contributed by atoms with Crippen LogP contribution in [0.1, 0.15) is 21.6 Å². The second kappa shape index (κ2) is 8.10. The predicted octanol–water partition coefficient (Wildman–Crippen LogP) is 3.23. The number of carboxylic acid groups (broad SMARTS) is 1. The van der Waals surface area contributed by atoms with Gasteiger partial charge in [-0.05, 0) is 55.0 Å². The first-order valence-corrected chi connectivity index (χ1v) is 9.06.